The van der Waals surface area contributed by atoms with E-state index in [9.17, 15) is 13.2 Å². The molecule has 3 rings (SSSR count). The fourth-order valence-electron chi connectivity index (χ4n) is 3.31. The van der Waals surface area contributed by atoms with Gasteiger partial charge in [-0.3, -0.25) is 4.79 Å². The zero-order chi connectivity index (χ0) is 22.4. The highest BCUT2D eigenvalue weighted by Gasteiger charge is 2.27. The normalized spacial score (nSPS) is 14.8. The highest BCUT2D eigenvalue weighted by atomic mass is 32.2. The topological polar surface area (TPSA) is 88.2 Å². The summed E-state index contributed by atoms with van der Waals surface area (Å²) in [5, 5.41) is 2.80. The van der Waals surface area contributed by atoms with E-state index in [4.69, 9.17) is 9.47 Å². The number of morpholine rings is 1. The highest BCUT2D eigenvalue weighted by Crippen LogP contribution is 2.29. The van der Waals surface area contributed by atoms with Crippen molar-refractivity contribution in [2.45, 2.75) is 17.7 Å². The molecule has 2 aromatic rings. The number of benzene rings is 2. The van der Waals surface area contributed by atoms with Crippen LogP contribution in [0.4, 0.5) is 11.4 Å². The van der Waals surface area contributed by atoms with Crippen LogP contribution in [0, 0.1) is 0 Å². The van der Waals surface area contributed by atoms with Crippen molar-refractivity contribution < 1.29 is 22.7 Å². The third-order valence-corrected chi connectivity index (χ3v) is 7.04. The number of hydrogen-bond donors (Lipinski definition) is 1. The highest BCUT2D eigenvalue weighted by molar-refractivity contribution is 7.89. The smallest absolute Gasteiger partial charge is 0.243 e. The lowest BCUT2D eigenvalue weighted by Crippen LogP contribution is -2.40. The molecular formula is C22H29N3O5S. The van der Waals surface area contributed by atoms with Gasteiger partial charge < -0.3 is 19.7 Å². The summed E-state index contributed by atoms with van der Waals surface area (Å²) in [6.07, 6.45) is 0.846. The van der Waals surface area contributed by atoms with Gasteiger partial charge in [0.25, 0.3) is 0 Å². The molecule has 8 nitrogen and oxygen atoms in total. The molecule has 9 heteroatoms. The Hall–Kier alpha value is -2.62. The summed E-state index contributed by atoms with van der Waals surface area (Å²) in [6.45, 7) is 1.36. The fraction of sp³-hybridized carbons (Fsp3) is 0.409. The summed E-state index contributed by atoms with van der Waals surface area (Å²) in [7, 11) is 1.76. The van der Waals surface area contributed by atoms with Crippen LogP contribution in [0.1, 0.15) is 12.0 Å². The van der Waals surface area contributed by atoms with Crippen LogP contribution >= 0.6 is 0 Å². The molecule has 1 aliphatic heterocycles. The van der Waals surface area contributed by atoms with E-state index in [1.807, 2.05) is 43.3 Å². The zero-order valence-electron chi connectivity index (χ0n) is 18.1. The van der Waals surface area contributed by atoms with Gasteiger partial charge in [0.15, 0.2) is 0 Å². The van der Waals surface area contributed by atoms with Crippen molar-refractivity contribution in [1.29, 1.82) is 0 Å². The van der Waals surface area contributed by atoms with Gasteiger partial charge in [-0.15, -0.1) is 0 Å². The molecule has 1 fully saturated rings. The molecule has 0 radical (unpaired) electrons. The van der Waals surface area contributed by atoms with Crippen molar-refractivity contribution in [3.63, 3.8) is 0 Å². The molecule has 0 bridgehead atoms. The summed E-state index contributed by atoms with van der Waals surface area (Å²) >= 11 is 0. The number of aryl methyl sites for hydroxylation is 1. The van der Waals surface area contributed by atoms with Crippen molar-refractivity contribution in [3.8, 4) is 5.75 Å². The first-order chi connectivity index (χ1) is 14.8. The van der Waals surface area contributed by atoms with Crippen LogP contribution in [0.25, 0.3) is 0 Å². The van der Waals surface area contributed by atoms with Crippen LogP contribution in [0.15, 0.2) is 47.4 Å². The van der Waals surface area contributed by atoms with Crippen LogP contribution in [0.5, 0.6) is 5.75 Å². The standard InChI is InChI=1S/C22H29N3O5S/c1-24(2)18-7-4-17(5-8-18)6-11-22(26)23-20-16-19(9-10-21(20)29-3)31(27,28)25-12-14-30-15-13-25/h4-5,7-10,16H,6,11-15H2,1-3H3,(H,23,26). The number of methoxy groups -OCH3 is 1. The SMILES string of the molecule is COc1ccc(S(=O)(=O)N2CCOCC2)cc1NC(=O)CCc1ccc(N(C)C)cc1. The third-order valence-electron chi connectivity index (χ3n) is 5.15. The average molecular weight is 448 g/mol. The number of sulfonamides is 1. The van der Waals surface area contributed by atoms with Gasteiger partial charge in [0.1, 0.15) is 5.75 Å². The van der Waals surface area contributed by atoms with Crippen LogP contribution < -0.4 is 15.0 Å². The van der Waals surface area contributed by atoms with Crippen molar-refractivity contribution >= 4 is 27.3 Å². The summed E-state index contributed by atoms with van der Waals surface area (Å²) in [5.41, 5.74) is 2.48. The van der Waals surface area contributed by atoms with Crippen molar-refractivity contribution in [2.24, 2.45) is 0 Å². The van der Waals surface area contributed by atoms with E-state index in [2.05, 4.69) is 5.32 Å². The maximum absolute atomic E-state index is 12.9. The predicted octanol–water partition coefficient (Wildman–Crippen LogP) is 2.35. The summed E-state index contributed by atoms with van der Waals surface area (Å²) in [6, 6.07) is 12.5. The number of amides is 1. The lowest BCUT2D eigenvalue weighted by atomic mass is 10.1. The number of carbonyl (C=O) groups excluding carboxylic acids is 1. The van der Waals surface area contributed by atoms with Crippen LogP contribution in [-0.4, -0.2) is 66.1 Å². The summed E-state index contributed by atoms with van der Waals surface area (Å²) < 4.78 is 37.8. The van der Waals surface area contributed by atoms with E-state index in [-0.39, 0.29) is 17.2 Å². The van der Waals surface area contributed by atoms with Gasteiger partial charge in [-0.05, 0) is 42.3 Å². The number of nitrogens with zero attached hydrogens (tertiary/aromatic N) is 2. The first-order valence-corrected chi connectivity index (χ1v) is 11.6. The van der Waals surface area contributed by atoms with Gasteiger partial charge in [-0.25, -0.2) is 8.42 Å². The minimum atomic E-state index is -3.67. The molecule has 0 atom stereocenters. The Labute approximate surface area is 183 Å². The van der Waals surface area contributed by atoms with E-state index in [1.54, 1.807) is 6.07 Å². The van der Waals surface area contributed by atoms with E-state index in [0.29, 0.717) is 44.2 Å². The maximum Gasteiger partial charge on any atom is 0.243 e. The molecule has 0 aliphatic carbocycles. The molecular weight excluding hydrogens is 418 g/mol. The van der Waals surface area contributed by atoms with E-state index >= 15 is 0 Å². The van der Waals surface area contributed by atoms with Crippen LogP contribution in [-0.2, 0) is 26.0 Å². The first kappa shape index (κ1) is 23.1. The molecule has 0 spiro atoms. The Morgan fingerprint density at radius 1 is 1.13 bits per heavy atom. The minimum absolute atomic E-state index is 0.116. The minimum Gasteiger partial charge on any atom is -0.495 e. The first-order valence-electron chi connectivity index (χ1n) is 10.1. The predicted molar refractivity (Wildman–Crippen MR) is 120 cm³/mol. The zero-order valence-corrected chi connectivity index (χ0v) is 18.9. The van der Waals surface area contributed by atoms with E-state index in [1.165, 1.54) is 23.5 Å². The molecule has 0 aromatic heterocycles. The molecule has 0 saturated carbocycles. The van der Waals surface area contributed by atoms with Gasteiger partial charge in [-0.2, -0.15) is 4.31 Å². The number of hydrogen-bond acceptors (Lipinski definition) is 6. The Kier molecular flexibility index (Phi) is 7.53. The third kappa shape index (κ3) is 5.75. The van der Waals surface area contributed by atoms with Crippen LogP contribution in [0.2, 0.25) is 0 Å². The van der Waals surface area contributed by atoms with Gasteiger partial charge in [0.05, 0.1) is 30.9 Å². The number of carbonyl (C=O) groups is 1. The quantitative estimate of drug-likeness (QED) is 0.668. The molecule has 1 N–H and O–H groups in total. The number of rotatable bonds is 8. The Bertz CT molecular complexity index is 1000. The Morgan fingerprint density at radius 2 is 1.81 bits per heavy atom. The molecule has 1 heterocycles. The molecule has 0 unspecified atom stereocenters. The monoisotopic (exact) mass is 447 g/mol. The molecule has 1 aliphatic rings. The number of nitrogens with one attached hydrogen (secondary N) is 1. The lowest BCUT2D eigenvalue weighted by Gasteiger charge is -2.26. The fourth-order valence-corrected chi connectivity index (χ4v) is 4.75. The largest absolute Gasteiger partial charge is 0.495 e. The summed E-state index contributed by atoms with van der Waals surface area (Å²) in [5.74, 6) is 0.195. The average Bonchev–Trinajstić information content (AvgIpc) is 2.78. The van der Waals surface area contributed by atoms with Crippen molar-refractivity contribution in [2.75, 3.05) is 57.7 Å². The van der Waals surface area contributed by atoms with Crippen LogP contribution in [0.3, 0.4) is 0 Å². The molecule has 1 amide bonds. The molecule has 168 valence electrons. The molecule has 2 aromatic carbocycles. The lowest BCUT2D eigenvalue weighted by molar-refractivity contribution is -0.116. The van der Waals surface area contributed by atoms with Gasteiger partial charge >= 0.3 is 0 Å². The Balaban J connectivity index is 1.69. The van der Waals surface area contributed by atoms with Gasteiger partial charge in [0.2, 0.25) is 15.9 Å². The van der Waals surface area contributed by atoms with Gasteiger partial charge in [-0.1, -0.05) is 12.1 Å². The number of anilines is 2. The second kappa shape index (κ2) is 10.1. The summed E-state index contributed by atoms with van der Waals surface area (Å²) in [4.78, 5) is 14.7. The van der Waals surface area contributed by atoms with Crippen molar-refractivity contribution in [3.05, 3.63) is 48.0 Å². The molecule has 31 heavy (non-hydrogen) atoms. The second-order valence-corrected chi connectivity index (χ2v) is 9.43. The second-order valence-electron chi connectivity index (χ2n) is 7.49. The Morgan fingerprint density at radius 3 is 2.42 bits per heavy atom. The number of ether oxygens (including phenoxy) is 2. The van der Waals surface area contributed by atoms with E-state index in [0.717, 1.165) is 11.3 Å². The van der Waals surface area contributed by atoms with Gasteiger partial charge in [0, 0.05) is 39.3 Å². The maximum atomic E-state index is 12.9. The van der Waals surface area contributed by atoms with Crippen molar-refractivity contribution in [1.82, 2.24) is 4.31 Å². The van der Waals surface area contributed by atoms with E-state index < -0.39 is 10.0 Å². The molecule has 1 saturated heterocycles.